The summed E-state index contributed by atoms with van der Waals surface area (Å²) in [6, 6.07) is 11.5. The van der Waals surface area contributed by atoms with Gasteiger partial charge in [-0.05, 0) is 17.7 Å². The predicted octanol–water partition coefficient (Wildman–Crippen LogP) is 3.06. The number of fused-ring (bicyclic) bond motifs is 1. The Hall–Kier alpha value is -2.52. The van der Waals surface area contributed by atoms with Gasteiger partial charge in [-0.15, -0.1) is 0 Å². The molecule has 1 aliphatic heterocycles. The Labute approximate surface area is 94.9 Å². The topological polar surface area (TPSA) is 59.6 Å². The molecule has 2 rings (SSSR count). The van der Waals surface area contributed by atoms with Crippen molar-refractivity contribution in [3.05, 3.63) is 48.2 Å². The van der Waals surface area contributed by atoms with Crippen molar-refractivity contribution in [3.63, 3.8) is 0 Å². The molecule has 0 aromatic heterocycles. The number of anilines is 1. The van der Waals surface area contributed by atoms with Crippen molar-refractivity contribution in [1.82, 2.24) is 0 Å². The van der Waals surface area contributed by atoms with Gasteiger partial charge in [0.2, 0.25) is 0 Å². The first kappa shape index (κ1) is 11.6. The Balaban J connectivity index is 0.000000221. The van der Waals surface area contributed by atoms with E-state index in [-0.39, 0.29) is 6.42 Å². The molecule has 1 N–H and O–H groups in total. The average molecular weight is 209 g/mol. The predicted molar refractivity (Wildman–Crippen MR) is 64.1 cm³/mol. The second kappa shape index (κ2) is 6.86. The molecular formula is C13H11N3. The van der Waals surface area contributed by atoms with Crippen molar-refractivity contribution in [2.45, 2.75) is 6.42 Å². The molecule has 1 aliphatic rings. The third kappa shape index (κ3) is 3.69. The van der Waals surface area contributed by atoms with E-state index < -0.39 is 0 Å². The Morgan fingerprint density at radius 1 is 1.06 bits per heavy atom. The summed E-state index contributed by atoms with van der Waals surface area (Å²) in [5.74, 6) is 0. The summed E-state index contributed by atoms with van der Waals surface area (Å²) in [5.41, 5.74) is 2.40. The summed E-state index contributed by atoms with van der Waals surface area (Å²) in [4.78, 5) is 0. The van der Waals surface area contributed by atoms with E-state index >= 15 is 0 Å². The highest BCUT2D eigenvalue weighted by molar-refractivity contribution is 5.69. The van der Waals surface area contributed by atoms with Crippen LogP contribution in [0.5, 0.6) is 0 Å². The standard InChI is InChI=1S/C10H9N.C3H2N2/c1-2-7-10-9(5-1)6-3-4-8-11-10;4-2-1-3-5/h1-8,11H;1H2. The zero-order chi connectivity index (χ0) is 11.6. The van der Waals surface area contributed by atoms with Crippen molar-refractivity contribution in [2.24, 2.45) is 0 Å². The molecule has 0 atom stereocenters. The van der Waals surface area contributed by atoms with E-state index in [0.29, 0.717) is 0 Å². The van der Waals surface area contributed by atoms with Crippen molar-refractivity contribution < 1.29 is 0 Å². The van der Waals surface area contributed by atoms with E-state index in [0.717, 1.165) is 5.69 Å². The minimum absolute atomic E-state index is 0. The van der Waals surface area contributed by atoms with Gasteiger partial charge in [-0.3, -0.25) is 0 Å². The van der Waals surface area contributed by atoms with Crippen LogP contribution in [-0.4, -0.2) is 0 Å². The molecule has 3 nitrogen and oxygen atoms in total. The molecular weight excluding hydrogens is 198 g/mol. The van der Waals surface area contributed by atoms with Gasteiger partial charge in [0.05, 0.1) is 12.1 Å². The smallest absolute Gasteiger partial charge is 0.122 e. The first-order valence-corrected chi connectivity index (χ1v) is 4.81. The van der Waals surface area contributed by atoms with Crippen LogP contribution >= 0.6 is 0 Å². The number of benzene rings is 1. The zero-order valence-corrected chi connectivity index (χ0v) is 8.72. The SMILES string of the molecule is C1=CNc2ccccc2C=C1.N#CCC#N. The normalized spacial score (nSPS) is 10.6. The van der Waals surface area contributed by atoms with Gasteiger partial charge in [0, 0.05) is 11.9 Å². The number of rotatable bonds is 0. The lowest BCUT2D eigenvalue weighted by molar-refractivity contribution is 1.33. The Morgan fingerprint density at radius 3 is 2.50 bits per heavy atom. The summed E-state index contributed by atoms with van der Waals surface area (Å²) < 4.78 is 0. The van der Waals surface area contributed by atoms with Gasteiger partial charge >= 0.3 is 0 Å². The van der Waals surface area contributed by atoms with Crippen molar-refractivity contribution >= 4 is 11.8 Å². The van der Waals surface area contributed by atoms with E-state index in [9.17, 15) is 0 Å². The van der Waals surface area contributed by atoms with Crippen LogP contribution in [0.2, 0.25) is 0 Å². The molecule has 0 fully saturated rings. The molecule has 1 aromatic rings. The molecule has 0 amide bonds. The average Bonchev–Trinajstić information content (AvgIpc) is 2.56. The molecule has 0 saturated heterocycles. The second-order valence-corrected chi connectivity index (χ2v) is 2.94. The lowest BCUT2D eigenvalue weighted by Crippen LogP contribution is -1.87. The number of nitrogens with one attached hydrogen (secondary N) is 1. The zero-order valence-electron chi connectivity index (χ0n) is 8.72. The number of para-hydroxylation sites is 1. The van der Waals surface area contributed by atoms with Crippen LogP contribution in [0, 0.1) is 22.7 Å². The van der Waals surface area contributed by atoms with Crippen LogP contribution in [-0.2, 0) is 0 Å². The van der Waals surface area contributed by atoms with Crippen molar-refractivity contribution in [3.8, 4) is 12.1 Å². The van der Waals surface area contributed by atoms with E-state index in [2.05, 4.69) is 23.5 Å². The van der Waals surface area contributed by atoms with Gasteiger partial charge < -0.3 is 5.32 Å². The molecule has 78 valence electrons. The maximum absolute atomic E-state index is 7.59. The highest BCUT2D eigenvalue weighted by Gasteiger charge is 1.95. The van der Waals surface area contributed by atoms with E-state index in [4.69, 9.17) is 10.5 Å². The maximum Gasteiger partial charge on any atom is 0.122 e. The second-order valence-electron chi connectivity index (χ2n) is 2.94. The summed E-state index contributed by atoms with van der Waals surface area (Å²) in [5, 5.41) is 18.4. The molecule has 0 aliphatic carbocycles. The number of nitrogens with zero attached hydrogens (tertiary/aromatic N) is 2. The van der Waals surface area contributed by atoms with Gasteiger partial charge in [-0.1, -0.05) is 30.4 Å². The quantitative estimate of drug-likeness (QED) is 0.714. The summed E-state index contributed by atoms with van der Waals surface area (Å²) in [6.45, 7) is 0. The summed E-state index contributed by atoms with van der Waals surface area (Å²) in [6.07, 6.45) is 8.03. The third-order valence-electron chi connectivity index (χ3n) is 1.84. The summed E-state index contributed by atoms with van der Waals surface area (Å²) >= 11 is 0. The van der Waals surface area contributed by atoms with Crippen LogP contribution in [0.15, 0.2) is 42.6 Å². The van der Waals surface area contributed by atoms with Gasteiger partial charge in [-0.25, -0.2) is 0 Å². The largest absolute Gasteiger partial charge is 0.361 e. The number of hydrogen-bond acceptors (Lipinski definition) is 3. The minimum atomic E-state index is 0. The number of hydrogen-bond donors (Lipinski definition) is 1. The van der Waals surface area contributed by atoms with E-state index in [1.165, 1.54) is 5.56 Å². The van der Waals surface area contributed by atoms with Crippen LogP contribution in [0.25, 0.3) is 6.08 Å². The van der Waals surface area contributed by atoms with E-state index in [1.807, 2.05) is 30.5 Å². The lowest BCUT2D eigenvalue weighted by Gasteiger charge is -2.01. The molecule has 0 bridgehead atoms. The summed E-state index contributed by atoms with van der Waals surface area (Å²) in [7, 11) is 0. The molecule has 3 heteroatoms. The first-order valence-electron chi connectivity index (χ1n) is 4.81. The highest BCUT2D eigenvalue weighted by atomic mass is 14.8. The highest BCUT2D eigenvalue weighted by Crippen LogP contribution is 2.18. The molecule has 0 saturated carbocycles. The fourth-order valence-electron chi connectivity index (χ4n) is 1.16. The fourth-order valence-corrected chi connectivity index (χ4v) is 1.16. The van der Waals surface area contributed by atoms with Gasteiger partial charge in [-0.2, -0.15) is 10.5 Å². The maximum atomic E-state index is 7.59. The Kier molecular flexibility index (Phi) is 4.96. The number of nitriles is 2. The fraction of sp³-hybridized carbons (Fsp3) is 0.0769. The van der Waals surface area contributed by atoms with Gasteiger partial charge in [0.15, 0.2) is 0 Å². The first-order chi connectivity index (χ1) is 7.88. The molecule has 0 spiro atoms. The molecule has 0 radical (unpaired) electrons. The third-order valence-corrected chi connectivity index (χ3v) is 1.84. The Bertz CT molecular complexity index is 461. The van der Waals surface area contributed by atoms with Crippen LogP contribution in [0.1, 0.15) is 12.0 Å². The number of allylic oxidation sites excluding steroid dienone is 2. The minimum Gasteiger partial charge on any atom is -0.361 e. The van der Waals surface area contributed by atoms with Gasteiger partial charge in [0.25, 0.3) is 0 Å². The molecule has 1 aromatic carbocycles. The molecule has 16 heavy (non-hydrogen) atoms. The molecule has 1 heterocycles. The lowest BCUT2D eigenvalue weighted by atomic mass is 10.2. The monoisotopic (exact) mass is 209 g/mol. The van der Waals surface area contributed by atoms with Crippen molar-refractivity contribution in [1.29, 1.82) is 10.5 Å². The Morgan fingerprint density at radius 2 is 1.81 bits per heavy atom. The van der Waals surface area contributed by atoms with Crippen LogP contribution < -0.4 is 5.32 Å². The van der Waals surface area contributed by atoms with Crippen molar-refractivity contribution in [2.75, 3.05) is 5.32 Å². The van der Waals surface area contributed by atoms with Gasteiger partial charge in [0.1, 0.15) is 6.42 Å². The van der Waals surface area contributed by atoms with Crippen LogP contribution in [0.4, 0.5) is 5.69 Å². The van der Waals surface area contributed by atoms with Crippen LogP contribution in [0.3, 0.4) is 0 Å². The van der Waals surface area contributed by atoms with E-state index in [1.54, 1.807) is 12.1 Å². The molecule has 0 unspecified atom stereocenters.